The monoisotopic (exact) mass is 725 g/mol. The lowest BCUT2D eigenvalue weighted by Gasteiger charge is -2.34. The first-order valence-corrected chi connectivity index (χ1v) is 17.1. The standard InChI is InChI=1S/C32H45Cl2N5O4.2CH2O2/c1-4-26(37(2)3)22-43-29-8-7-13-35-30(29)23-11-16-39(17-12-23)31(40)28(20-24-9-10-25(33)21-27(24)34)36-32(41)42-19-18-38-14-5-6-15-38;2*2-1-3/h7-10,13,21,23,26,28H,4-6,11-12,14-20,22H2,1-3H3,(H,36,41);2*1H,(H,2,3)/t26-,28-;;/m1../s1. The molecule has 2 fully saturated rings. The number of carbonyl (C=O) groups is 4. The van der Waals surface area contributed by atoms with Gasteiger partial charge in [0.15, 0.2) is 0 Å². The Balaban J connectivity index is 0.00000129. The maximum atomic E-state index is 13.8. The molecule has 0 spiro atoms. The maximum Gasteiger partial charge on any atom is 0.407 e. The molecule has 2 aromatic rings. The largest absolute Gasteiger partial charge is 0.490 e. The summed E-state index contributed by atoms with van der Waals surface area (Å²) in [7, 11) is 4.12. The number of likely N-dealkylation sites (N-methyl/N-ethyl adjacent to an activating group) is 1. The average Bonchev–Trinajstić information content (AvgIpc) is 3.60. The number of hydrogen-bond acceptors (Lipinski definition) is 9. The maximum absolute atomic E-state index is 13.8. The number of nitrogens with one attached hydrogen (secondary N) is 1. The minimum absolute atomic E-state index is 0.157. The lowest BCUT2D eigenvalue weighted by molar-refractivity contribution is -0.134. The van der Waals surface area contributed by atoms with Crippen molar-refractivity contribution in [2.45, 2.75) is 63.5 Å². The molecule has 0 bridgehead atoms. The van der Waals surface area contributed by atoms with E-state index in [0.717, 1.165) is 49.4 Å². The number of likely N-dealkylation sites (tertiary alicyclic amines) is 2. The van der Waals surface area contributed by atoms with E-state index in [0.29, 0.717) is 42.3 Å². The number of amides is 2. The zero-order chi connectivity index (χ0) is 36.2. The van der Waals surface area contributed by atoms with E-state index in [1.54, 1.807) is 24.4 Å². The molecule has 13 nitrogen and oxygen atoms in total. The summed E-state index contributed by atoms with van der Waals surface area (Å²) in [6, 6.07) is 8.55. The highest BCUT2D eigenvalue weighted by atomic mass is 35.5. The fourth-order valence-electron chi connectivity index (χ4n) is 5.81. The number of aromatic nitrogens is 1. The molecule has 0 radical (unpaired) electrons. The Kier molecular flexibility index (Phi) is 19.4. The number of benzene rings is 1. The number of alkyl carbamates (subject to hydrolysis) is 1. The lowest BCUT2D eigenvalue weighted by atomic mass is 9.91. The Hall–Kier alpha value is -3.65. The third kappa shape index (κ3) is 14.4. The van der Waals surface area contributed by atoms with Gasteiger partial charge in [-0.15, -0.1) is 0 Å². The van der Waals surface area contributed by atoms with Crippen molar-refractivity contribution in [3.05, 3.63) is 57.8 Å². The summed E-state index contributed by atoms with van der Waals surface area (Å²) in [6.07, 6.45) is 6.27. The fourth-order valence-corrected chi connectivity index (χ4v) is 6.29. The highest BCUT2D eigenvalue weighted by Crippen LogP contribution is 2.33. The van der Waals surface area contributed by atoms with Gasteiger partial charge in [-0.05, 0) is 89.1 Å². The Bertz CT molecular complexity index is 1300. The second-order valence-electron chi connectivity index (χ2n) is 11.9. The first-order valence-electron chi connectivity index (χ1n) is 16.4. The normalized spacial score (nSPS) is 15.9. The summed E-state index contributed by atoms with van der Waals surface area (Å²) in [6.45, 7) is 6.36. The van der Waals surface area contributed by atoms with E-state index in [9.17, 15) is 9.59 Å². The van der Waals surface area contributed by atoms with Gasteiger partial charge >= 0.3 is 6.09 Å². The fraction of sp³-hybridized carbons (Fsp3) is 0.559. The summed E-state index contributed by atoms with van der Waals surface area (Å²) in [4.78, 5) is 54.3. The SMILES string of the molecule is CC[C@H](COc1cccnc1C1CCN(C(=O)[C@@H](Cc2ccc(Cl)cc2Cl)NC(=O)OCCN2CCCC2)CC1)N(C)C.O=CO.O=CO. The van der Waals surface area contributed by atoms with Crippen molar-refractivity contribution in [1.29, 1.82) is 0 Å². The molecule has 1 aromatic heterocycles. The van der Waals surface area contributed by atoms with Crippen LogP contribution in [-0.4, -0.2) is 127 Å². The second-order valence-corrected chi connectivity index (χ2v) is 12.7. The van der Waals surface area contributed by atoms with Crippen LogP contribution in [0.15, 0.2) is 36.5 Å². The number of rotatable bonds is 13. The molecule has 0 saturated carbocycles. The van der Waals surface area contributed by atoms with Gasteiger partial charge in [0.2, 0.25) is 5.91 Å². The first kappa shape index (κ1) is 41.5. The van der Waals surface area contributed by atoms with Crippen LogP contribution in [0.25, 0.3) is 0 Å². The molecule has 2 saturated heterocycles. The number of halogens is 2. The van der Waals surface area contributed by atoms with Crippen LogP contribution in [0.3, 0.4) is 0 Å². The molecular formula is C34H49Cl2N5O8. The van der Waals surface area contributed by atoms with Crippen LogP contribution in [0.4, 0.5) is 4.79 Å². The number of ether oxygens (including phenoxy) is 2. The van der Waals surface area contributed by atoms with Gasteiger partial charge in [-0.3, -0.25) is 24.3 Å². The van der Waals surface area contributed by atoms with Gasteiger partial charge in [-0.2, -0.15) is 0 Å². The van der Waals surface area contributed by atoms with Crippen molar-refractivity contribution >= 4 is 48.1 Å². The van der Waals surface area contributed by atoms with Gasteiger partial charge in [0, 0.05) is 54.3 Å². The molecule has 2 aliphatic rings. The van der Waals surface area contributed by atoms with Gasteiger partial charge in [0.05, 0.1) is 5.69 Å². The summed E-state index contributed by atoms with van der Waals surface area (Å²) >= 11 is 12.5. The molecule has 2 amide bonds. The van der Waals surface area contributed by atoms with E-state index in [-0.39, 0.29) is 37.8 Å². The molecule has 3 heterocycles. The van der Waals surface area contributed by atoms with Crippen molar-refractivity contribution in [2.75, 3.05) is 60.0 Å². The van der Waals surface area contributed by atoms with Gasteiger partial charge < -0.3 is 34.8 Å². The molecule has 0 unspecified atom stereocenters. The molecule has 3 N–H and O–H groups in total. The molecule has 4 rings (SSSR count). The van der Waals surface area contributed by atoms with E-state index >= 15 is 0 Å². The molecule has 2 atom stereocenters. The van der Waals surface area contributed by atoms with Crippen molar-refractivity contribution in [3.8, 4) is 5.75 Å². The third-order valence-corrected chi connectivity index (χ3v) is 9.08. The molecule has 15 heteroatoms. The number of nitrogens with zero attached hydrogens (tertiary/aromatic N) is 4. The predicted octanol–water partition coefficient (Wildman–Crippen LogP) is 4.65. The molecule has 49 heavy (non-hydrogen) atoms. The number of carbonyl (C=O) groups excluding carboxylic acids is 2. The lowest BCUT2D eigenvalue weighted by Crippen LogP contribution is -2.51. The summed E-state index contributed by atoms with van der Waals surface area (Å²) in [5, 5.41) is 17.6. The van der Waals surface area contributed by atoms with Crippen molar-refractivity contribution in [3.63, 3.8) is 0 Å². The molecule has 2 aliphatic heterocycles. The van der Waals surface area contributed by atoms with E-state index in [1.165, 1.54) is 12.8 Å². The smallest absolute Gasteiger partial charge is 0.407 e. The summed E-state index contributed by atoms with van der Waals surface area (Å²) in [5.74, 6) is 0.823. The average molecular weight is 727 g/mol. The number of carboxylic acid groups (broad SMARTS) is 2. The minimum atomic E-state index is -0.819. The Labute approximate surface area is 298 Å². The first-order chi connectivity index (χ1) is 23.6. The Morgan fingerprint density at radius 1 is 1.08 bits per heavy atom. The topological polar surface area (TPSA) is 162 Å². The van der Waals surface area contributed by atoms with Crippen LogP contribution < -0.4 is 10.1 Å². The predicted molar refractivity (Wildman–Crippen MR) is 188 cm³/mol. The second kappa shape index (κ2) is 22.9. The number of piperidine rings is 1. The van der Waals surface area contributed by atoms with Crippen molar-refractivity contribution in [1.82, 2.24) is 25.0 Å². The van der Waals surface area contributed by atoms with Crippen molar-refractivity contribution in [2.24, 2.45) is 0 Å². The summed E-state index contributed by atoms with van der Waals surface area (Å²) in [5.41, 5.74) is 1.67. The van der Waals surface area contributed by atoms with E-state index in [2.05, 4.69) is 41.1 Å². The van der Waals surface area contributed by atoms with Crippen LogP contribution in [0, 0.1) is 0 Å². The molecule has 1 aromatic carbocycles. The van der Waals surface area contributed by atoms with Crippen LogP contribution in [0.1, 0.15) is 56.2 Å². The highest BCUT2D eigenvalue weighted by Gasteiger charge is 2.32. The summed E-state index contributed by atoms with van der Waals surface area (Å²) < 4.78 is 11.7. The zero-order valence-electron chi connectivity index (χ0n) is 28.4. The molecule has 272 valence electrons. The molecule has 0 aliphatic carbocycles. The number of pyridine rings is 1. The van der Waals surface area contributed by atoms with Gasteiger partial charge in [-0.25, -0.2) is 4.79 Å². The van der Waals surface area contributed by atoms with Gasteiger partial charge in [0.1, 0.15) is 25.0 Å². The quantitative estimate of drug-likeness (QED) is 0.247. The molecular weight excluding hydrogens is 677 g/mol. The zero-order valence-corrected chi connectivity index (χ0v) is 29.9. The van der Waals surface area contributed by atoms with Crippen LogP contribution >= 0.6 is 23.2 Å². The minimum Gasteiger partial charge on any atom is -0.490 e. The van der Waals surface area contributed by atoms with Crippen LogP contribution in [-0.2, 0) is 25.5 Å². The van der Waals surface area contributed by atoms with Crippen LogP contribution in [0.5, 0.6) is 5.75 Å². The van der Waals surface area contributed by atoms with Crippen LogP contribution in [0.2, 0.25) is 10.0 Å². The third-order valence-electron chi connectivity index (χ3n) is 8.49. The number of hydrogen-bond donors (Lipinski definition) is 3. The van der Waals surface area contributed by atoms with Crippen molar-refractivity contribution < 1.29 is 38.9 Å². The van der Waals surface area contributed by atoms with Gasteiger partial charge in [-0.1, -0.05) is 36.2 Å². The van der Waals surface area contributed by atoms with Gasteiger partial charge in [0.25, 0.3) is 12.9 Å². The Morgan fingerprint density at radius 2 is 1.73 bits per heavy atom. The highest BCUT2D eigenvalue weighted by molar-refractivity contribution is 6.35. The van der Waals surface area contributed by atoms with E-state index in [4.69, 9.17) is 52.5 Å². The van der Waals surface area contributed by atoms with E-state index < -0.39 is 12.1 Å². The van der Waals surface area contributed by atoms with E-state index in [1.807, 2.05) is 17.0 Å². The Morgan fingerprint density at radius 3 is 2.33 bits per heavy atom.